The zero-order valence-corrected chi connectivity index (χ0v) is 13.2. The molecule has 1 aromatic carbocycles. The van der Waals surface area contributed by atoms with Crippen LogP contribution in [0.1, 0.15) is 44.7 Å². The van der Waals surface area contributed by atoms with Gasteiger partial charge in [0.15, 0.2) is 0 Å². The van der Waals surface area contributed by atoms with Crippen LogP contribution >= 0.6 is 0 Å². The smallest absolute Gasteiger partial charge is 0.123 e. The molecule has 116 valence electrons. The van der Waals surface area contributed by atoms with Crippen LogP contribution < -0.4 is 5.32 Å². The van der Waals surface area contributed by atoms with Crippen LogP contribution in [0.2, 0.25) is 0 Å². The molecular weight excluding hydrogens is 263 g/mol. The van der Waals surface area contributed by atoms with E-state index in [1.165, 1.54) is 31.4 Å². The van der Waals surface area contributed by atoms with Crippen molar-refractivity contribution in [1.82, 2.24) is 10.2 Å². The molecule has 0 aromatic heterocycles. The van der Waals surface area contributed by atoms with Gasteiger partial charge in [-0.25, -0.2) is 4.39 Å². The molecule has 2 aliphatic rings. The lowest BCUT2D eigenvalue weighted by Gasteiger charge is -2.60. The predicted molar refractivity (Wildman–Crippen MR) is 84.7 cm³/mol. The van der Waals surface area contributed by atoms with Crippen LogP contribution in [0.15, 0.2) is 24.3 Å². The van der Waals surface area contributed by atoms with Crippen LogP contribution in [0.5, 0.6) is 0 Å². The van der Waals surface area contributed by atoms with Crippen molar-refractivity contribution in [2.45, 2.75) is 39.2 Å². The summed E-state index contributed by atoms with van der Waals surface area (Å²) in [5.41, 5.74) is 1.72. The van der Waals surface area contributed by atoms with Gasteiger partial charge in [0.05, 0.1) is 0 Å². The Kier molecular flexibility index (Phi) is 4.32. The molecule has 0 amide bonds. The number of hydrogen-bond donors (Lipinski definition) is 1. The molecule has 2 heterocycles. The number of piperidine rings is 1. The molecule has 0 aliphatic carbocycles. The van der Waals surface area contributed by atoms with Crippen LogP contribution in [-0.2, 0) is 0 Å². The van der Waals surface area contributed by atoms with E-state index in [1.807, 2.05) is 12.1 Å². The van der Waals surface area contributed by atoms with Crippen LogP contribution in [-0.4, -0.2) is 31.1 Å². The number of likely N-dealkylation sites (tertiary alicyclic amines) is 1. The number of benzene rings is 1. The Morgan fingerprint density at radius 1 is 1.24 bits per heavy atom. The maximum Gasteiger partial charge on any atom is 0.123 e. The fourth-order valence-electron chi connectivity index (χ4n) is 4.05. The molecule has 0 bridgehead atoms. The van der Waals surface area contributed by atoms with E-state index in [4.69, 9.17) is 0 Å². The summed E-state index contributed by atoms with van der Waals surface area (Å²) in [7, 11) is 0. The first-order valence-electron chi connectivity index (χ1n) is 8.31. The molecule has 0 saturated carbocycles. The van der Waals surface area contributed by atoms with Gasteiger partial charge in [-0.05, 0) is 62.5 Å². The van der Waals surface area contributed by atoms with Gasteiger partial charge in [0.2, 0.25) is 0 Å². The minimum atomic E-state index is -0.133. The number of nitrogens with one attached hydrogen (secondary N) is 1. The van der Waals surface area contributed by atoms with Crippen molar-refractivity contribution in [1.29, 1.82) is 0 Å². The van der Waals surface area contributed by atoms with Gasteiger partial charge in [-0.1, -0.05) is 26.0 Å². The normalized spacial score (nSPS) is 25.2. The quantitative estimate of drug-likeness (QED) is 0.911. The monoisotopic (exact) mass is 290 g/mol. The van der Waals surface area contributed by atoms with E-state index in [0.717, 1.165) is 25.6 Å². The summed E-state index contributed by atoms with van der Waals surface area (Å²) in [6.07, 6.45) is 3.73. The lowest BCUT2D eigenvalue weighted by atomic mass is 9.63. The zero-order valence-electron chi connectivity index (χ0n) is 13.2. The minimum Gasteiger partial charge on any atom is -0.317 e. The van der Waals surface area contributed by atoms with Gasteiger partial charge in [-0.3, -0.25) is 4.90 Å². The molecule has 2 fully saturated rings. The topological polar surface area (TPSA) is 15.3 Å². The Morgan fingerprint density at radius 2 is 1.90 bits per heavy atom. The van der Waals surface area contributed by atoms with Crippen LogP contribution in [0.3, 0.4) is 0 Å². The highest BCUT2D eigenvalue weighted by molar-refractivity contribution is 5.26. The summed E-state index contributed by atoms with van der Waals surface area (Å²) >= 11 is 0. The lowest BCUT2D eigenvalue weighted by Crippen LogP contribution is -2.61. The molecule has 1 N–H and O–H groups in total. The van der Waals surface area contributed by atoms with Crippen molar-refractivity contribution in [2.24, 2.45) is 11.3 Å². The van der Waals surface area contributed by atoms with Gasteiger partial charge in [0.25, 0.3) is 0 Å². The first kappa shape index (κ1) is 15.0. The second-order valence-electron chi connectivity index (χ2n) is 7.22. The van der Waals surface area contributed by atoms with E-state index in [0.29, 0.717) is 11.5 Å². The molecule has 1 atom stereocenters. The zero-order chi connectivity index (χ0) is 14.9. The molecule has 1 aromatic rings. The minimum absolute atomic E-state index is 0.133. The SMILES string of the molecule is CC(C)CCN1CC2(CCNCC2)C1c1ccc(F)cc1. The second kappa shape index (κ2) is 6.05. The summed E-state index contributed by atoms with van der Waals surface area (Å²) in [6, 6.07) is 7.70. The van der Waals surface area contributed by atoms with E-state index in [9.17, 15) is 4.39 Å². The van der Waals surface area contributed by atoms with Crippen molar-refractivity contribution < 1.29 is 4.39 Å². The summed E-state index contributed by atoms with van der Waals surface area (Å²) < 4.78 is 13.2. The van der Waals surface area contributed by atoms with Crippen molar-refractivity contribution in [3.05, 3.63) is 35.6 Å². The summed E-state index contributed by atoms with van der Waals surface area (Å²) in [5.74, 6) is 0.606. The molecular formula is C18H27FN2. The molecule has 2 aliphatic heterocycles. The average Bonchev–Trinajstić information content (AvgIpc) is 2.46. The highest BCUT2D eigenvalue weighted by Gasteiger charge is 2.52. The highest BCUT2D eigenvalue weighted by atomic mass is 19.1. The van der Waals surface area contributed by atoms with Crippen LogP contribution in [0.4, 0.5) is 4.39 Å². The van der Waals surface area contributed by atoms with Crippen molar-refractivity contribution in [3.8, 4) is 0 Å². The molecule has 1 unspecified atom stereocenters. The maximum atomic E-state index is 13.2. The fraction of sp³-hybridized carbons (Fsp3) is 0.667. The van der Waals surface area contributed by atoms with E-state index in [-0.39, 0.29) is 5.82 Å². The van der Waals surface area contributed by atoms with Crippen LogP contribution in [0.25, 0.3) is 0 Å². The molecule has 3 heteroatoms. The van der Waals surface area contributed by atoms with E-state index >= 15 is 0 Å². The van der Waals surface area contributed by atoms with Gasteiger partial charge in [0.1, 0.15) is 5.82 Å². The molecule has 1 spiro atoms. The van der Waals surface area contributed by atoms with Crippen molar-refractivity contribution in [2.75, 3.05) is 26.2 Å². The largest absolute Gasteiger partial charge is 0.317 e. The van der Waals surface area contributed by atoms with E-state index < -0.39 is 0 Å². The molecule has 3 rings (SSSR count). The number of halogens is 1. The first-order chi connectivity index (χ1) is 10.1. The predicted octanol–water partition coefficient (Wildman–Crippen LogP) is 3.60. The molecule has 21 heavy (non-hydrogen) atoms. The number of rotatable bonds is 4. The Bertz CT molecular complexity index is 463. The molecule has 2 saturated heterocycles. The maximum absolute atomic E-state index is 13.2. The highest BCUT2D eigenvalue weighted by Crippen LogP contribution is 2.54. The average molecular weight is 290 g/mol. The third kappa shape index (κ3) is 3.00. The van der Waals surface area contributed by atoms with Gasteiger partial charge in [-0.2, -0.15) is 0 Å². The third-order valence-electron chi connectivity index (χ3n) is 5.24. The van der Waals surface area contributed by atoms with Gasteiger partial charge < -0.3 is 5.32 Å². The Labute approximate surface area is 127 Å². The Hall–Kier alpha value is -0.930. The summed E-state index contributed by atoms with van der Waals surface area (Å²) in [6.45, 7) is 9.18. The Balaban J connectivity index is 1.79. The lowest BCUT2D eigenvalue weighted by molar-refractivity contribution is -0.0978. The van der Waals surface area contributed by atoms with Gasteiger partial charge in [-0.15, -0.1) is 0 Å². The van der Waals surface area contributed by atoms with Crippen molar-refractivity contribution in [3.63, 3.8) is 0 Å². The molecule has 2 nitrogen and oxygen atoms in total. The van der Waals surface area contributed by atoms with E-state index in [2.05, 4.69) is 24.1 Å². The van der Waals surface area contributed by atoms with Gasteiger partial charge in [0, 0.05) is 18.0 Å². The molecule has 0 radical (unpaired) electrons. The Morgan fingerprint density at radius 3 is 2.52 bits per heavy atom. The van der Waals surface area contributed by atoms with Crippen LogP contribution in [0, 0.1) is 17.2 Å². The number of hydrogen-bond acceptors (Lipinski definition) is 2. The summed E-state index contributed by atoms with van der Waals surface area (Å²) in [5, 5.41) is 3.48. The third-order valence-corrected chi connectivity index (χ3v) is 5.24. The number of nitrogens with zero attached hydrogens (tertiary/aromatic N) is 1. The van der Waals surface area contributed by atoms with Gasteiger partial charge >= 0.3 is 0 Å². The first-order valence-corrected chi connectivity index (χ1v) is 8.31. The van der Waals surface area contributed by atoms with E-state index in [1.54, 1.807) is 12.1 Å². The van der Waals surface area contributed by atoms with Crippen molar-refractivity contribution >= 4 is 0 Å². The fourth-order valence-corrected chi connectivity index (χ4v) is 4.05. The standard InChI is InChI=1S/C18H27FN2/c1-14(2)7-12-21-13-18(8-10-20-11-9-18)17(21)15-3-5-16(19)6-4-15/h3-6,14,17,20H,7-13H2,1-2H3. The summed E-state index contributed by atoms with van der Waals surface area (Å²) in [4.78, 5) is 2.61. The second-order valence-corrected chi connectivity index (χ2v) is 7.22.